The van der Waals surface area contributed by atoms with Gasteiger partial charge in [-0.2, -0.15) is 0 Å². The molecule has 0 saturated carbocycles. The van der Waals surface area contributed by atoms with Crippen LogP contribution >= 0.6 is 0 Å². The molecule has 102 valence electrons. The van der Waals surface area contributed by atoms with Crippen LogP contribution in [-0.4, -0.2) is 9.55 Å². The molecule has 1 aromatic carbocycles. The van der Waals surface area contributed by atoms with Crippen LogP contribution in [0.5, 0.6) is 0 Å². The van der Waals surface area contributed by atoms with Crippen molar-refractivity contribution >= 4 is 0 Å². The first-order valence-electron chi connectivity index (χ1n) is 6.94. The number of hydrogen-bond acceptors (Lipinski definition) is 2. The van der Waals surface area contributed by atoms with Gasteiger partial charge in [0.2, 0.25) is 0 Å². The number of aryl methyl sites for hydroxylation is 2. The normalized spacial score (nSPS) is 12.6. The van der Waals surface area contributed by atoms with Crippen molar-refractivity contribution in [3.05, 3.63) is 53.1 Å². The second-order valence-electron chi connectivity index (χ2n) is 5.17. The molecule has 1 heterocycles. The summed E-state index contributed by atoms with van der Waals surface area (Å²) < 4.78 is 2.12. The maximum absolute atomic E-state index is 6.28. The summed E-state index contributed by atoms with van der Waals surface area (Å²) in [6.07, 6.45) is 4.18. The number of aromatic nitrogens is 2. The second-order valence-corrected chi connectivity index (χ2v) is 5.17. The van der Waals surface area contributed by atoms with Crippen molar-refractivity contribution in [2.75, 3.05) is 0 Å². The van der Waals surface area contributed by atoms with Gasteiger partial charge in [-0.15, -0.1) is 0 Å². The first-order valence-corrected chi connectivity index (χ1v) is 6.94. The number of nitrogens with zero attached hydrogens (tertiary/aromatic N) is 2. The Morgan fingerprint density at radius 1 is 1.21 bits per heavy atom. The van der Waals surface area contributed by atoms with Crippen LogP contribution < -0.4 is 5.73 Å². The molecule has 1 unspecified atom stereocenters. The van der Waals surface area contributed by atoms with E-state index in [0.29, 0.717) is 0 Å². The molecule has 0 aliphatic carbocycles. The van der Waals surface area contributed by atoms with E-state index in [4.69, 9.17) is 5.73 Å². The van der Waals surface area contributed by atoms with E-state index < -0.39 is 0 Å². The zero-order valence-corrected chi connectivity index (χ0v) is 12.1. The molecular formula is C16H23N3. The Morgan fingerprint density at radius 3 is 2.42 bits per heavy atom. The van der Waals surface area contributed by atoms with Crippen LogP contribution in [0.1, 0.15) is 41.9 Å². The molecule has 0 fully saturated rings. The number of hydrogen-bond donors (Lipinski definition) is 1. The van der Waals surface area contributed by atoms with Gasteiger partial charge in [0.05, 0.1) is 12.0 Å². The number of benzene rings is 1. The molecule has 0 radical (unpaired) electrons. The van der Waals surface area contributed by atoms with Crippen LogP contribution in [-0.2, 0) is 13.0 Å². The average Bonchev–Trinajstić information content (AvgIpc) is 2.72. The van der Waals surface area contributed by atoms with E-state index in [1.54, 1.807) is 0 Å². The molecule has 0 spiro atoms. The molecular weight excluding hydrogens is 234 g/mol. The minimum absolute atomic E-state index is 0.0166. The van der Waals surface area contributed by atoms with Crippen molar-refractivity contribution in [2.24, 2.45) is 5.73 Å². The van der Waals surface area contributed by atoms with Gasteiger partial charge in [-0.05, 0) is 31.4 Å². The first kappa shape index (κ1) is 13.8. The smallest absolute Gasteiger partial charge is 0.0952 e. The largest absolute Gasteiger partial charge is 0.333 e. The summed E-state index contributed by atoms with van der Waals surface area (Å²) in [6.45, 7) is 7.08. The summed E-state index contributed by atoms with van der Waals surface area (Å²) in [5.41, 5.74) is 11.1. The highest BCUT2D eigenvalue weighted by atomic mass is 15.1. The molecule has 2 rings (SSSR count). The van der Waals surface area contributed by atoms with Gasteiger partial charge in [0.1, 0.15) is 0 Å². The lowest BCUT2D eigenvalue weighted by Gasteiger charge is -2.14. The molecule has 0 aliphatic heterocycles. The monoisotopic (exact) mass is 257 g/mol. The highest BCUT2D eigenvalue weighted by Gasteiger charge is 2.09. The molecule has 19 heavy (non-hydrogen) atoms. The van der Waals surface area contributed by atoms with Gasteiger partial charge in [-0.1, -0.05) is 37.6 Å². The van der Waals surface area contributed by atoms with Crippen LogP contribution in [0, 0.1) is 13.8 Å². The van der Waals surface area contributed by atoms with Crippen molar-refractivity contribution in [3.8, 4) is 0 Å². The van der Waals surface area contributed by atoms with Crippen molar-refractivity contribution < 1.29 is 0 Å². The second kappa shape index (κ2) is 6.02. The predicted molar refractivity (Wildman–Crippen MR) is 79.1 cm³/mol. The fourth-order valence-electron chi connectivity index (χ4n) is 2.27. The Balaban J connectivity index is 2.07. The van der Waals surface area contributed by atoms with Gasteiger partial charge in [-0.25, -0.2) is 4.98 Å². The standard InChI is InChI=1S/C16H23N3/c1-4-5-14-6-8-15(9-7-14)16(17)10-19-11-18-12(2)13(19)3/h6-9,11,16H,4-5,10,17H2,1-3H3. The van der Waals surface area contributed by atoms with Gasteiger partial charge < -0.3 is 10.3 Å². The fourth-order valence-corrected chi connectivity index (χ4v) is 2.27. The van der Waals surface area contributed by atoms with E-state index >= 15 is 0 Å². The van der Waals surface area contributed by atoms with E-state index in [9.17, 15) is 0 Å². The lowest BCUT2D eigenvalue weighted by atomic mass is 10.0. The third kappa shape index (κ3) is 3.24. The van der Waals surface area contributed by atoms with Gasteiger partial charge in [-0.3, -0.25) is 0 Å². The Labute approximate surface area is 115 Å². The molecule has 0 aliphatic rings. The Hall–Kier alpha value is -1.61. The molecule has 0 saturated heterocycles. The third-order valence-electron chi connectivity index (χ3n) is 3.69. The highest BCUT2D eigenvalue weighted by molar-refractivity contribution is 5.25. The lowest BCUT2D eigenvalue weighted by Crippen LogP contribution is -2.18. The molecule has 1 aromatic heterocycles. The van der Waals surface area contributed by atoms with Crippen LogP contribution in [0.25, 0.3) is 0 Å². The average molecular weight is 257 g/mol. The zero-order chi connectivity index (χ0) is 13.8. The van der Waals surface area contributed by atoms with Gasteiger partial charge in [0.15, 0.2) is 0 Å². The van der Waals surface area contributed by atoms with Crippen LogP contribution in [0.15, 0.2) is 30.6 Å². The zero-order valence-electron chi connectivity index (χ0n) is 12.1. The Bertz CT molecular complexity index is 525. The van der Waals surface area contributed by atoms with Crippen LogP contribution in [0.4, 0.5) is 0 Å². The van der Waals surface area contributed by atoms with Crippen molar-refractivity contribution in [3.63, 3.8) is 0 Å². The topological polar surface area (TPSA) is 43.8 Å². The SMILES string of the molecule is CCCc1ccc(C(N)Cn2cnc(C)c2C)cc1. The van der Waals surface area contributed by atoms with Crippen LogP contribution in [0.3, 0.4) is 0 Å². The Kier molecular flexibility index (Phi) is 4.38. The number of imidazole rings is 1. The highest BCUT2D eigenvalue weighted by Crippen LogP contribution is 2.16. The van der Waals surface area contributed by atoms with E-state index in [-0.39, 0.29) is 6.04 Å². The van der Waals surface area contributed by atoms with E-state index in [1.165, 1.54) is 23.2 Å². The van der Waals surface area contributed by atoms with E-state index in [1.807, 2.05) is 13.3 Å². The van der Waals surface area contributed by atoms with E-state index in [0.717, 1.165) is 18.7 Å². The minimum Gasteiger partial charge on any atom is -0.333 e. The maximum Gasteiger partial charge on any atom is 0.0952 e. The summed E-state index contributed by atoms with van der Waals surface area (Å²) in [5.74, 6) is 0. The quantitative estimate of drug-likeness (QED) is 0.894. The summed E-state index contributed by atoms with van der Waals surface area (Å²) in [7, 11) is 0. The summed E-state index contributed by atoms with van der Waals surface area (Å²) in [4.78, 5) is 4.31. The molecule has 2 N–H and O–H groups in total. The van der Waals surface area contributed by atoms with E-state index in [2.05, 4.69) is 47.7 Å². The molecule has 1 atom stereocenters. The maximum atomic E-state index is 6.28. The predicted octanol–water partition coefficient (Wildman–Crippen LogP) is 3.15. The number of rotatable bonds is 5. The molecule has 0 bridgehead atoms. The third-order valence-corrected chi connectivity index (χ3v) is 3.69. The van der Waals surface area contributed by atoms with Gasteiger partial charge in [0, 0.05) is 18.3 Å². The summed E-state index contributed by atoms with van der Waals surface area (Å²) in [5, 5.41) is 0. The van der Waals surface area contributed by atoms with Crippen molar-refractivity contribution in [1.82, 2.24) is 9.55 Å². The van der Waals surface area contributed by atoms with Crippen molar-refractivity contribution in [2.45, 2.75) is 46.2 Å². The Morgan fingerprint density at radius 2 is 1.89 bits per heavy atom. The molecule has 3 heteroatoms. The van der Waals surface area contributed by atoms with Crippen LogP contribution in [0.2, 0.25) is 0 Å². The minimum atomic E-state index is 0.0166. The lowest BCUT2D eigenvalue weighted by molar-refractivity contribution is 0.566. The van der Waals surface area contributed by atoms with Crippen molar-refractivity contribution in [1.29, 1.82) is 0 Å². The first-order chi connectivity index (χ1) is 9.11. The fraction of sp³-hybridized carbons (Fsp3) is 0.438. The molecule has 3 nitrogen and oxygen atoms in total. The molecule has 0 amide bonds. The van der Waals surface area contributed by atoms with Gasteiger partial charge >= 0.3 is 0 Å². The molecule has 2 aromatic rings. The number of nitrogens with two attached hydrogens (primary N) is 1. The summed E-state index contributed by atoms with van der Waals surface area (Å²) in [6, 6.07) is 8.68. The van der Waals surface area contributed by atoms with Gasteiger partial charge in [0.25, 0.3) is 0 Å². The summed E-state index contributed by atoms with van der Waals surface area (Å²) >= 11 is 0.